The average molecular weight is 327 g/mol. The van der Waals surface area contributed by atoms with Crippen molar-refractivity contribution in [3.8, 4) is 0 Å². The van der Waals surface area contributed by atoms with Crippen molar-refractivity contribution >= 4 is 22.6 Å². The van der Waals surface area contributed by atoms with Crippen LogP contribution in [0.15, 0.2) is 36.8 Å². The Morgan fingerprint density at radius 1 is 1.25 bits per heavy atom. The molecule has 0 amide bonds. The van der Waals surface area contributed by atoms with Gasteiger partial charge in [0.25, 0.3) is 0 Å². The third-order valence-electron chi connectivity index (χ3n) is 2.37. The van der Waals surface area contributed by atoms with E-state index < -0.39 is 0 Å². The number of nitrogens with zero attached hydrogens (tertiary/aromatic N) is 2. The van der Waals surface area contributed by atoms with Gasteiger partial charge >= 0.3 is 0 Å². The van der Waals surface area contributed by atoms with Crippen molar-refractivity contribution in [1.29, 1.82) is 0 Å². The molecule has 4 heteroatoms. The van der Waals surface area contributed by atoms with Crippen molar-refractivity contribution < 1.29 is 0 Å². The van der Waals surface area contributed by atoms with E-state index in [4.69, 9.17) is 5.73 Å². The Hall–Kier alpha value is -0.880. The standard InChI is InChI=1S/C12H14IN3/c13-11-3-1-10(2-4-11)7-16-8-12(5-6-14)15-9-16/h1-4,8-9H,5-7,14H2. The van der Waals surface area contributed by atoms with Crippen molar-refractivity contribution in [2.24, 2.45) is 5.73 Å². The fourth-order valence-corrected chi connectivity index (χ4v) is 1.93. The molecule has 0 unspecified atom stereocenters. The normalized spacial score (nSPS) is 10.6. The number of rotatable bonds is 4. The summed E-state index contributed by atoms with van der Waals surface area (Å²) < 4.78 is 3.35. The molecular weight excluding hydrogens is 313 g/mol. The zero-order valence-corrected chi connectivity index (χ0v) is 11.1. The zero-order chi connectivity index (χ0) is 11.4. The first-order valence-corrected chi connectivity index (χ1v) is 6.31. The highest BCUT2D eigenvalue weighted by Gasteiger charge is 1.99. The Bertz CT molecular complexity index is 448. The minimum absolute atomic E-state index is 0.653. The van der Waals surface area contributed by atoms with E-state index in [0.29, 0.717) is 6.54 Å². The van der Waals surface area contributed by atoms with Crippen LogP contribution < -0.4 is 5.73 Å². The van der Waals surface area contributed by atoms with Gasteiger partial charge in [0, 0.05) is 22.7 Å². The molecule has 1 heterocycles. The maximum Gasteiger partial charge on any atom is 0.0952 e. The molecular formula is C12H14IN3. The van der Waals surface area contributed by atoms with Gasteiger partial charge in [0.15, 0.2) is 0 Å². The summed E-state index contributed by atoms with van der Waals surface area (Å²) in [5, 5.41) is 0. The molecule has 2 rings (SSSR count). The highest BCUT2D eigenvalue weighted by Crippen LogP contribution is 2.08. The van der Waals surface area contributed by atoms with Gasteiger partial charge in [-0.2, -0.15) is 0 Å². The van der Waals surface area contributed by atoms with E-state index in [2.05, 4.69) is 62.6 Å². The third kappa shape index (κ3) is 3.05. The van der Waals surface area contributed by atoms with Crippen LogP contribution >= 0.6 is 22.6 Å². The lowest BCUT2D eigenvalue weighted by atomic mass is 10.2. The van der Waals surface area contributed by atoms with E-state index in [1.54, 1.807) is 0 Å². The van der Waals surface area contributed by atoms with E-state index in [1.165, 1.54) is 9.13 Å². The van der Waals surface area contributed by atoms with Gasteiger partial charge in [-0.05, 0) is 46.8 Å². The number of nitrogens with two attached hydrogens (primary N) is 1. The van der Waals surface area contributed by atoms with Crippen LogP contribution in [0.5, 0.6) is 0 Å². The summed E-state index contributed by atoms with van der Waals surface area (Å²) in [6.07, 6.45) is 4.77. The Morgan fingerprint density at radius 3 is 2.69 bits per heavy atom. The predicted molar refractivity (Wildman–Crippen MR) is 73.2 cm³/mol. The summed E-state index contributed by atoms with van der Waals surface area (Å²) >= 11 is 2.31. The number of aromatic nitrogens is 2. The highest BCUT2D eigenvalue weighted by atomic mass is 127. The summed E-state index contributed by atoms with van der Waals surface area (Å²) in [5.41, 5.74) is 7.84. The van der Waals surface area contributed by atoms with E-state index in [-0.39, 0.29) is 0 Å². The molecule has 0 fully saturated rings. The van der Waals surface area contributed by atoms with Gasteiger partial charge in [-0.3, -0.25) is 0 Å². The van der Waals surface area contributed by atoms with Crippen molar-refractivity contribution in [2.45, 2.75) is 13.0 Å². The Morgan fingerprint density at radius 2 is 2.00 bits per heavy atom. The van der Waals surface area contributed by atoms with Gasteiger partial charge < -0.3 is 10.3 Å². The molecule has 0 radical (unpaired) electrons. The van der Waals surface area contributed by atoms with Crippen LogP contribution in [0.3, 0.4) is 0 Å². The van der Waals surface area contributed by atoms with Crippen LogP contribution in [0.1, 0.15) is 11.3 Å². The molecule has 0 saturated heterocycles. The summed E-state index contributed by atoms with van der Waals surface area (Å²) in [7, 11) is 0. The van der Waals surface area contributed by atoms with Crippen LogP contribution in [0.4, 0.5) is 0 Å². The maximum absolute atomic E-state index is 5.49. The number of hydrogen-bond donors (Lipinski definition) is 1. The summed E-state index contributed by atoms with van der Waals surface area (Å²) in [6, 6.07) is 8.52. The van der Waals surface area contributed by atoms with Gasteiger partial charge in [-0.25, -0.2) is 4.98 Å². The first kappa shape index (κ1) is 11.6. The topological polar surface area (TPSA) is 43.8 Å². The molecule has 0 spiro atoms. The van der Waals surface area contributed by atoms with Gasteiger partial charge in [-0.1, -0.05) is 12.1 Å². The van der Waals surface area contributed by atoms with Crippen LogP contribution in [-0.4, -0.2) is 16.1 Å². The number of benzene rings is 1. The molecule has 1 aromatic heterocycles. The molecule has 2 N–H and O–H groups in total. The predicted octanol–water partition coefficient (Wildman–Crippen LogP) is 2.04. The molecule has 84 valence electrons. The van der Waals surface area contributed by atoms with Crippen molar-refractivity contribution in [1.82, 2.24) is 9.55 Å². The summed E-state index contributed by atoms with van der Waals surface area (Å²) in [5.74, 6) is 0. The van der Waals surface area contributed by atoms with Crippen LogP contribution in [0.2, 0.25) is 0 Å². The second-order valence-corrected chi connectivity index (χ2v) is 4.95. The molecule has 0 saturated carbocycles. The quantitative estimate of drug-likeness (QED) is 0.874. The molecule has 1 aromatic carbocycles. The first-order chi connectivity index (χ1) is 7.78. The van der Waals surface area contributed by atoms with E-state index in [9.17, 15) is 0 Å². The lowest BCUT2D eigenvalue weighted by Gasteiger charge is -2.02. The smallest absolute Gasteiger partial charge is 0.0952 e. The average Bonchev–Trinajstić information content (AvgIpc) is 2.70. The third-order valence-corrected chi connectivity index (χ3v) is 3.08. The van der Waals surface area contributed by atoms with Crippen molar-refractivity contribution in [2.75, 3.05) is 6.54 Å². The van der Waals surface area contributed by atoms with E-state index in [1.807, 2.05) is 6.33 Å². The Kier molecular flexibility index (Phi) is 3.95. The van der Waals surface area contributed by atoms with Gasteiger partial charge in [0.2, 0.25) is 0 Å². The molecule has 0 aliphatic rings. The zero-order valence-electron chi connectivity index (χ0n) is 8.94. The fraction of sp³-hybridized carbons (Fsp3) is 0.250. The largest absolute Gasteiger partial charge is 0.333 e. The van der Waals surface area contributed by atoms with Crippen molar-refractivity contribution in [3.63, 3.8) is 0 Å². The Balaban J connectivity index is 2.05. The molecule has 3 nitrogen and oxygen atoms in total. The van der Waals surface area contributed by atoms with Crippen LogP contribution in [0.25, 0.3) is 0 Å². The van der Waals surface area contributed by atoms with E-state index >= 15 is 0 Å². The maximum atomic E-state index is 5.49. The number of imidazole rings is 1. The SMILES string of the molecule is NCCc1cn(Cc2ccc(I)cc2)cn1. The van der Waals surface area contributed by atoms with Gasteiger partial charge in [0.1, 0.15) is 0 Å². The minimum atomic E-state index is 0.653. The van der Waals surface area contributed by atoms with E-state index in [0.717, 1.165) is 18.7 Å². The fourth-order valence-electron chi connectivity index (χ4n) is 1.57. The number of halogens is 1. The minimum Gasteiger partial charge on any atom is -0.333 e. The molecule has 0 aliphatic carbocycles. The lowest BCUT2D eigenvalue weighted by Crippen LogP contribution is -2.02. The lowest BCUT2D eigenvalue weighted by molar-refractivity contribution is 0.795. The summed E-state index contributed by atoms with van der Waals surface area (Å²) in [4.78, 5) is 4.30. The van der Waals surface area contributed by atoms with Crippen LogP contribution in [0, 0.1) is 3.57 Å². The van der Waals surface area contributed by atoms with Gasteiger partial charge in [0.05, 0.1) is 12.0 Å². The molecule has 0 aliphatic heterocycles. The molecule has 0 atom stereocenters. The first-order valence-electron chi connectivity index (χ1n) is 5.23. The van der Waals surface area contributed by atoms with Crippen molar-refractivity contribution in [3.05, 3.63) is 51.6 Å². The second-order valence-electron chi connectivity index (χ2n) is 3.70. The Labute approximate surface area is 109 Å². The monoisotopic (exact) mass is 327 g/mol. The van der Waals surface area contributed by atoms with Gasteiger partial charge in [-0.15, -0.1) is 0 Å². The second kappa shape index (κ2) is 5.45. The highest BCUT2D eigenvalue weighted by molar-refractivity contribution is 14.1. The molecule has 16 heavy (non-hydrogen) atoms. The molecule has 2 aromatic rings. The number of hydrogen-bond acceptors (Lipinski definition) is 2. The molecule has 0 bridgehead atoms. The van der Waals surface area contributed by atoms with Crippen LogP contribution in [-0.2, 0) is 13.0 Å². The summed E-state index contributed by atoms with van der Waals surface area (Å²) in [6.45, 7) is 1.52.